The number of nitrogens with zero attached hydrogens (tertiary/aromatic N) is 1. The smallest absolute Gasteiger partial charge is 0.367 e. The minimum atomic E-state index is -3.37. The van der Waals surface area contributed by atoms with Gasteiger partial charge in [0.15, 0.2) is 12.1 Å². The molecule has 1 N–H and O–H groups in total. The average Bonchev–Trinajstić information content (AvgIpc) is 2.91. The van der Waals surface area contributed by atoms with Gasteiger partial charge >= 0.3 is 13.6 Å². The highest BCUT2D eigenvalue weighted by Crippen LogP contribution is 2.48. The highest BCUT2D eigenvalue weighted by Gasteiger charge is 2.25. The van der Waals surface area contributed by atoms with E-state index in [1.165, 1.54) is 17.7 Å². The maximum atomic E-state index is 12.5. The maximum Gasteiger partial charge on any atom is 0.367 e. The molecule has 0 aliphatic heterocycles. The molecule has 0 amide bonds. The second kappa shape index (κ2) is 8.49. The standard InChI is InChI=1S/C17H22NO7P/c1-4-24-26(22,25-5-2)11-23-13-6-7-14-15(12(3)19)9-18(10-17(20)21)16(14)8-13/h6-9H,4-5,10-11H2,1-3H3,(H,20,21). The van der Waals surface area contributed by atoms with E-state index in [0.29, 0.717) is 22.2 Å². The molecule has 2 aromatic rings. The highest BCUT2D eigenvalue weighted by molar-refractivity contribution is 7.53. The van der Waals surface area contributed by atoms with Gasteiger partial charge in [-0.25, -0.2) is 0 Å². The zero-order chi connectivity index (χ0) is 19.3. The highest BCUT2D eigenvalue weighted by atomic mass is 31.2. The van der Waals surface area contributed by atoms with Crippen LogP contribution < -0.4 is 4.74 Å². The first kappa shape index (κ1) is 20.2. The Morgan fingerprint density at radius 3 is 2.38 bits per heavy atom. The summed E-state index contributed by atoms with van der Waals surface area (Å²) >= 11 is 0. The van der Waals surface area contributed by atoms with E-state index in [4.69, 9.17) is 18.9 Å². The van der Waals surface area contributed by atoms with Crippen molar-refractivity contribution in [3.63, 3.8) is 0 Å². The van der Waals surface area contributed by atoms with Crippen LogP contribution in [0.2, 0.25) is 0 Å². The summed E-state index contributed by atoms with van der Waals surface area (Å²) in [4.78, 5) is 22.9. The topological polar surface area (TPSA) is 104 Å². The van der Waals surface area contributed by atoms with Crippen molar-refractivity contribution in [3.8, 4) is 5.75 Å². The number of fused-ring (bicyclic) bond motifs is 1. The van der Waals surface area contributed by atoms with Crippen LogP contribution >= 0.6 is 7.60 Å². The Morgan fingerprint density at radius 1 is 1.19 bits per heavy atom. The first-order valence-corrected chi connectivity index (χ1v) is 9.89. The quantitative estimate of drug-likeness (QED) is 0.494. The SMILES string of the molecule is CCOP(=O)(COc1ccc2c(C(C)=O)cn(CC(=O)O)c2c1)OCC. The van der Waals surface area contributed by atoms with Crippen molar-refractivity contribution in [2.45, 2.75) is 27.3 Å². The Morgan fingerprint density at radius 2 is 1.85 bits per heavy atom. The number of carboxylic acids is 1. The van der Waals surface area contributed by atoms with Gasteiger partial charge in [-0.3, -0.25) is 14.2 Å². The van der Waals surface area contributed by atoms with Crippen molar-refractivity contribution in [2.75, 3.05) is 19.6 Å². The van der Waals surface area contributed by atoms with E-state index >= 15 is 0 Å². The molecule has 8 nitrogen and oxygen atoms in total. The summed E-state index contributed by atoms with van der Waals surface area (Å²) in [6.07, 6.45) is 1.25. The Hall–Kier alpha value is -2.15. The number of benzene rings is 1. The molecule has 1 aromatic carbocycles. The van der Waals surface area contributed by atoms with Gasteiger partial charge in [0.1, 0.15) is 12.3 Å². The summed E-state index contributed by atoms with van der Waals surface area (Å²) < 4.78 is 29.8. The lowest BCUT2D eigenvalue weighted by atomic mass is 10.1. The second-order valence-corrected chi connectivity index (χ2v) is 7.52. The number of aliphatic carboxylic acids is 1. The van der Waals surface area contributed by atoms with Crippen molar-refractivity contribution < 1.29 is 33.0 Å². The molecule has 0 atom stereocenters. The minimum Gasteiger partial charge on any atom is -0.481 e. The maximum absolute atomic E-state index is 12.5. The van der Waals surface area contributed by atoms with E-state index in [2.05, 4.69) is 0 Å². The van der Waals surface area contributed by atoms with E-state index in [0.717, 1.165) is 0 Å². The molecule has 9 heteroatoms. The lowest BCUT2D eigenvalue weighted by molar-refractivity contribution is -0.137. The monoisotopic (exact) mass is 383 g/mol. The number of hydrogen-bond acceptors (Lipinski definition) is 6. The first-order chi connectivity index (χ1) is 12.3. The van der Waals surface area contributed by atoms with Gasteiger partial charge in [-0.1, -0.05) is 0 Å². The van der Waals surface area contributed by atoms with Crippen LogP contribution in [0.25, 0.3) is 10.9 Å². The molecule has 0 saturated heterocycles. The van der Waals surface area contributed by atoms with E-state index in [-0.39, 0.29) is 31.9 Å². The Balaban J connectivity index is 2.33. The fourth-order valence-electron chi connectivity index (χ4n) is 2.58. The molecule has 1 heterocycles. The minimum absolute atomic E-state index is 0.162. The average molecular weight is 383 g/mol. The van der Waals surface area contributed by atoms with Gasteiger partial charge in [-0.2, -0.15) is 0 Å². The van der Waals surface area contributed by atoms with Crippen LogP contribution in [0.5, 0.6) is 5.75 Å². The van der Waals surface area contributed by atoms with Crippen molar-refractivity contribution in [3.05, 3.63) is 30.0 Å². The predicted molar refractivity (Wildman–Crippen MR) is 95.9 cm³/mol. The normalized spacial score (nSPS) is 11.7. The molecule has 26 heavy (non-hydrogen) atoms. The molecular formula is C17H22NO7P. The molecule has 2 rings (SSSR count). The van der Waals surface area contributed by atoms with Crippen LogP contribution in [0.3, 0.4) is 0 Å². The molecule has 0 fully saturated rings. The summed E-state index contributed by atoms with van der Waals surface area (Å²) in [6, 6.07) is 4.90. The molecule has 0 bridgehead atoms. The van der Waals surface area contributed by atoms with Crippen molar-refractivity contribution in [1.29, 1.82) is 0 Å². The van der Waals surface area contributed by atoms with Gasteiger partial charge < -0.3 is 23.5 Å². The first-order valence-electron chi connectivity index (χ1n) is 8.16. The van der Waals surface area contributed by atoms with Crippen molar-refractivity contribution in [2.24, 2.45) is 0 Å². The van der Waals surface area contributed by atoms with Crippen LogP contribution in [0.15, 0.2) is 24.4 Å². The van der Waals surface area contributed by atoms with Gasteiger partial charge in [0.05, 0.1) is 18.7 Å². The van der Waals surface area contributed by atoms with Gasteiger partial charge in [0.25, 0.3) is 0 Å². The Bertz CT molecular complexity index is 848. The largest absolute Gasteiger partial charge is 0.481 e. The molecule has 1 aromatic heterocycles. The number of aromatic nitrogens is 1. The number of carboxylic acid groups (broad SMARTS) is 1. The molecule has 0 aliphatic rings. The zero-order valence-corrected chi connectivity index (χ0v) is 15.8. The summed E-state index contributed by atoms with van der Waals surface area (Å²) in [7, 11) is -3.37. The number of rotatable bonds is 10. The zero-order valence-electron chi connectivity index (χ0n) is 14.9. The fraction of sp³-hybridized carbons (Fsp3) is 0.412. The third kappa shape index (κ3) is 4.72. The number of hydrogen-bond donors (Lipinski definition) is 1. The molecule has 0 radical (unpaired) electrons. The number of carbonyl (C=O) groups excluding carboxylic acids is 1. The van der Waals surface area contributed by atoms with E-state index in [1.54, 1.807) is 32.0 Å². The summed E-state index contributed by atoms with van der Waals surface area (Å²) in [5, 5.41) is 9.69. The lowest BCUT2D eigenvalue weighted by Gasteiger charge is -2.17. The summed E-state index contributed by atoms with van der Waals surface area (Å²) in [5.41, 5.74) is 0.972. The number of ketones is 1. The van der Waals surface area contributed by atoms with Gasteiger partial charge in [-0.15, -0.1) is 0 Å². The second-order valence-electron chi connectivity index (χ2n) is 5.52. The number of Topliss-reactive ketones (excluding diaryl/α,β-unsaturated/α-hetero) is 1. The lowest BCUT2D eigenvalue weighted by Crippen LogP contribution is -2.08. The molecular weight excluding hydrogens is 361 g/mol. The fourth-order valence-corrected chi connectivity index (χ4v) is 3.89. The van der Waals surface area contributed by atoms with Crippen molar-refractivity contribution in [1.82, 2.24) is 4.57 Å². The van der Waals surface area contributed by atoms with Crippen LogP contribution in [0, 0.1) is 0 Å². The molecule has 142 valence electrons. The summed E-state index contributed by atoms with van der Waals surface area (Å²) in [5.74, 6) is -0.817. The Labute approximate surface area is 151 Å². The summed E-state index contributed by atoms with van der Waals surface area (Å²) in [6.45, 7) is 5.00. The molecule has 0 spiro atoms. The van der Waals surface area contributed by atoms with E-state index in [9.17, 15) is 14.2 Å². The van der Waals surface area contributed by atoms with E-state index in [1.807, 2.05) is 0 Å². The number of ether oxygens (including phenoxy) is 1. The van der Waals surface area contributed by atoms with Crippen LogP contribution in [-0.4, -0.2) is 41.0 Å². The van der Waals surface area contributed by atoms with E-state index < -0.39 is 13.6 Å². The van der Waals surface area contributed by atoms with Crippen LogP contribution in [-0.2, 0) is 25.0 Å². The van der Waals surface area contributed by atoms with Gasteiger partial charge in [0.2, 0.25) is 0 Å². The molecule has 0 unspecified atom stereocenters. The number of carbonyl (C=O) groups is 2. The van der Waals surface area contributed by atoms with Gasteiger partial charge in [0, 0.05) is 23.2 Å². The van der Waals surface area contributed by atoms with Crippen LogP contribution in [0.1, 0.15) is 31.1 Å². The third-order valence-corrected chi connectivity index (χ3v) is 5.33. The van der Waals surface area contributed by atoms with Crippen LogP contribution in [0.4, 0.5) is 0 Å². The van der Waals surface area contributed by atoms with Gasteiger partial charge in [-0.05, 0) is 32.9 Å². The molecule has 0 aliphatic carbocycles. The third-order valence-electron chi connectivity index (χ3n) is 3.58. The molecule has 0 saturated carbocycles. The predicted octanol–water partition coefficient (Wildman–Crippen LogP) is 3.53. The Kier molecular flexibility index (Phi) is 6.58. The van der Waals surface area contributed by atoms with Crippen molar-refractivity contribution >= 4 is 30.3 Å².